The SMILES string of the molecule is CCCN(CCO)Cc1ccc(C2CC2C)o1. The van der Waals surface area contributed by atoms with Gasteiger partial charge in [-0.15, -0.1) is 0 Å². The van der Waals surface area contributed by atoms with E-state index in [2.05, 4.69) is 30.9 Å². The summed E-state index contributed by atoms with van der Waals surface area (Å²) in [4.78, 5) is 2.24. The molecule has 0 aromatic carbocycles. The van der Waals surface area contributed by atoms with Crippen LogP contribution in [-0.2, 0) is 6.54 Å². The number of nitrogens with zero attached hydrogens (tertiary/aromatic N) is 1. The zero-order valence-electron chi connectivity index (χ0n) is 10.9. The van der Waals surface area contributed by atoms with Crippen LogP contribution in [0.15, 0.2) is 16.5 Å². The molecule has 1 heterocycles. The molecule has 1 aromatic heterocycles. The van der Waals surface area contributed by atoms with Crippen molar-refractivity contribution in [1.82, 2.24) is 4.90 Å². The van der Waals surface area contributed by atoms with Crippen LogP contribution in [0.2, 0.25) is 0 Å². The van der Waals surface area contributed by atoms with Crippen molar-refractivity contribution < 1.29 is 9.52 Å². The maximum atomic E-state index is 9.01. The van der Waals surface area contributed by atoms with E-state index < -0.39 is 0 Å². The first kappa shape index (κ1) is 12.7. The minimum Gasteiger partial charge on any atom is -0.464 e. The van der Waals surface area contributed by atoms with Crippen molar-refractivity contribution in [3.05, 3.63) is 23.7 Å². The van der Waals surface area contributed by atoms with Gasteiger partial charge >= 0.3 is 0 Å². The molecule has 0 aliphatic heterocycles. The number of hydrogen-bond acceptors (Lipinski definition) is 3. The van der Waals surface area contributed by atoms with Gasteiger partial charge in [-0.3, -0.25) is 4.90 Å². The van der Waals surface area contributed by atoms with Crippen molar-refractivity contribution in [2.75, 3.05) is 19.7 Å². The Morgan fingerprint density at radius 3 is 2.76 bits per heavy atom. The monoisotopic (exact) mass is 237 g/mol. The van der Waals surface area contributed by atoms with Gasteiger partial charge in [-0.1, -0.05) is 13.8 Å². The van der Waals surface area contributed by atoms with Crippen molar-refractivity contribution >= 4 is 0 Å². The molecule has 1 aromatic rings. The Bertz CT molecular complexity index is 342. The maximum Gasteiger partial charge on any atom is 0.118 e. The van der Waals surface area contributed by atoms with Gasteiger partial charge < -0.3 is 9.52 Å². The minimum absolute atomic E-state index is 0.216. The molecule has 0 amide bonds. The van der Waals surface area contributed by atoms with Crippen molar-refractivity contribution in [2.24, 2.45) is 5.92 Å². The van der Waals surface area contributed by atoms with Crippen LogP contribution in [-0.4, -0.2) is 29.7 Å². The lowest BCUT2D eigenvalue weighted by Crippen LogP contribution is -2.27. The van der Waals surface area contributed by atoms with Crippen LogP contribution < -0.4 is 0 Å². The first-order chi connectivity index (χ1) is 8.24. The van der Waals surface area contributed by atoms with Crippen LogP contribution in [0.25, 0.3) is 0 Å². The molecule has 0 bridgehead atoms. The fourth-order valence-corrected chi connectivity index (χ4v) is 2.35. The number of furan rings is 1. The third-order valence-corrected chi connectivity index (χ3v) is 3.49. The third-order valence-electron chi connectivity index (χ3n) is 3.49. The molecule has 17 heavy (non-hydrogen) atoms. The molecule has 96 valence electrons. The summed E-state index contributed by atoms with van der Waals surface area (Å²) in [6.07, 6.45) is 2.37. The lowest BCUT2D eigenvalue weighted by molar-refractivity contribution is 0.180. The predicted molar refractivity (Wildman–Crippen MR) is 67.9 cm³/mol. The smallest absolute Gasteiger partial charge is 0.118 e. The lowest BCUT2D eigenvalue weighted by atomic mass is 10.3. The molecule has 2 unspecified atom stereocenters. The van der Waals surface area contributed by atoms with Crippen molar-refractivity contribution in [2.45, 2.75) is 39.2 Å². The van der Waals surface area contributed by atoms with Crippen LogP contribution in [0.4, 0.5) is 0 Å². The predicted octanol–water partition coefficient (Wildman–Crippen LogP) is 2.61. The molecule has 3 nitrogen and oxygen atoms in total. The highest BCUT2D eigenvalue weighted by molar-refractivity contribution is 5.17. The van der Waals surface area contributed by atoms with Gasteiger partial charge in [-0.05, 0) is 37.4 Å². The van der Waals surface area contributed by atoms with Crippen LogP contribution in [0.5, 0.6) is 0 Å². The number of aliphatic hydroxyl groups excluding tert-OH is 1. The molecule has 0 radical (unpaired) electrons. The minimum atomic E-state index is 0.216. The summed E-state index contributed by atoms with van der Waals surface area (Å²) < 4.78 is 5.88. The summed E-state index contributed by atoms with van der Waals surface area (Å²) in [5.74, 6) is 3.62. The van der Waals surface area contributed by atoms with Crippen LogP contribution in [0.3, 0.4) is 0 Å². The summed E-state index contributed by atoms with van der Waals surface area (Å²) in [5, 5.41) is 9.01. The first-order valence-electron chi connectivity index (χ1n) is 6.66. The highest BCUT2D eigenvalue weighted by Gasteiger charge is 2.36. The van der Waals surface area contributed by atoms with Gasteiger partial charge in [0.05, 0.1) is 13.2 Å². The first-order valence-corrected chi connectivity index (χ1v) is 6.66. The molecule has 1 fully saturated rings. The molecule has 3 heteroatoms. The van der Waals surface area contributed by atoms with Gasteiger partial charge in [0.15, 0.2) is 0 Å². The highest BCUT2D eigenvalue weighted by Crippen LogP contribution is 2.47. The van der Waals surface area contributed by atoms with Gasteiger partial charge in [-0.2, -0.15) is 0 Å². The zero-order valence-corrected chi connectivity index (χ0v) is 10.9. The second kappa shape index (κ2) is 5.69. The van der Waals surface area contributed by atoms with E-state index >= 15 is 0 Å². The van der Waals surface area contributed by atoms with Gasteiger partial charge in [0.1, 0.15) is 11.5 Å². The van der Waals surface area contributed by atoms with E-state index in [-0.39, 0.29) is 6.61 Å². The normalized spacial score (nSPS) is 23.3. The Kier molecular flexibility index (Phi) is 4.24. The Morgan fingerprint density at radius 2 is 2.18 bits per heavy atom. The lowest BCUT2D eigenvalue weighted by Gasteiger charge is -2.18. The fraction of sp³-hybridized carbons (Fsp3) is 0.714. The molecule has 0 saturated heterocycles. The van der Waals surface area contributed by atoms with E-state index in [1.165, 1.54) is 6.42 Å². The molecular formula is C14H23NO2. The quantitative estimate of drug-likeness (QED) is 0.792. The van der Waals surface area contributed by atoms with Crippen LogP contribution in [0, 0.1) is 5.92 Å². The molecule has 1 aliphatic carbocycles. The van der Waals surface area contributed by atoms with E-state index in [1.54, 1.807) is 0 Å². The molecule has 2 rings (SSSR count). The number of aliphatic hydroxyl groups is 1. The maximum absolute atomic E-state index is 9.01. The molecule has 2 atom stereocenters. The summed E-state index contributed by atoms with van der Waals surface area (Å²) in [7, 11) is 0. The van der Waals surface area contributed by atoms with E-state index in [4.69, 9.17) is 9.52 Å². The number of hydrogen-bond donors (Lipinski definition) is 1. The zero-order chi connectivity index (χ0) is 12.3. The molecular weight excluding hydrogens is 214 g/mol. The second-order valence-electron chi connectivity index (χ2n) is 5.12. The van der Waals surface area contributed by atoms with E-state index in [9.17, 15) is 0 Å². The topological polar surface area (TPSA) is 36.6 Å². The average Bonchev–Trinajstić information content (AvgIpc) is 2.85. The van der Waals surface area contributed by atoms with E-state index in [1.807, 2.05) is 0 Å². The highest BCUT2D eigenvalue weighted by atomic mass is 16.3. The molecule has 1 saturated carbocycles. The Morgan fingerprint density at radius 1 is 1.41 bits per heavy atom. The molecule has 0 spiro atoms. The molecule has 1 aliphatic rings. The molecule has 1 N–H and O–H groups in total. The van der Waals surface area contributed by atoms with Crippen molar-refractivity contribution in [1.29, 1.82) is 0 Å². The Hall–Kier alpha value is -0.800. The van der Waals surface area contributed by atoms with Crippen LogP contribution in [0.1, 0.15) is 44.1 Å². The van der Waals surface area contributed by atoms with Gasteiger partial charge in [-0.25, -0.2) is 0 Å². The standard InChI is InChI=1S/C14H23NO2/c1-3-6-15(7-8-16)10-12-4-5-14(17-12)13-9-11(13)2/h4-5,11,13,16H,3,6-10H2,1-2H3. The van der Waals surface area contributed by atoms with E-state index in [0.29, 0.717) is 5.92 Å². The van der Waals surface area contributed by atoms with Crippen molar-refractivity contribution in [3.8, 4) is 0 Å². The van der Waals surface area contributed by atoms with Gasteiger partial charge in [0, 0.05) is 12.5 Å². The summed E-state index contributed by atoms with van der Waals surface area (Å²) in [6, 6.07) is 4.20. The Labute approximate surface area is 103 Å². The Balaban J connectivity index is 1.90. The average molecular weight is 237 g/mol. The summed E-state index contributed by atoms with van der Waals surface area (Å²) in [6.45, 7) is 7.19. The van der Waals surface area contributed by atoms with E-state index in [0.717, 1.165) is 43.5 Å². The number of rotatable bonds is 7. The fourth-order valence-electron chi connectivity index (χ4n) is 2.35. The third kappa shape index (κ3) is 3.33. The van der Waals surface area contributed by atoms with Crippen LogP contribution >= 0.6 is 0 Å². The van der Waals surface area contributed by atoms with Gasteiger partial charge in [0.2, 0.25) is 0 Å². The largest absolute Gasteiger partial charge is 0.464 e. The summed E-state index contributed by atoms with van der Waals surface area (Å²) in [5.41, 5.74) is 0. The van der Waals surface area contributed by atoms with Crippen molar-refractivity contribution in [3.63, 3.8) is 0 Å². The second-order valence-corrected chi connectivity index (χ2v) is 5.12. The van der Waals surface area contributed by atoms with Gasteiger partial charge in [0.25, 0.3) is 0 Å². The summed E-state index contributed by atoms with van der Waals surface area (Å²) >= 11 is 0.